The number of carbonyl (C=O) groups excluding carboxylic acids is 1. The van der Waals surface area contributed by atoms with Gasteiger partial charge >= 0.3 is 0 Å². The Morgan fingerprint density at radius 1 is 1.45 bits per heavy atom. The smallest absolute Gasteiger partial charge is 0.237 e. The third-order valence-electron chi connectivity index (χ3n) is 3.70. The first-order valence-corrected chi connectivity index (χ1v) is 7.04. The number of carbonyl (C=O) groups is 1. The fraction of sp³-hybridized carbons (Fsp3) is 0.533. The maximum Gasteiger partial charge on any atom is 0.237 e. The predicted octanol–water partition coefficient (Wildman–Crippen LogP) is 2.33. The lowest BCUT2D eigenvalue weighted by Gasteiger charge is -2.23. The molecule has 0 aliphatic carbocycles. The fourth-order valence-corrected chi connectivity index (χ4v) is 2.46. The highest BCUT2D eigenvalue weighted by molar-refractivity contribution is 5.81. The van der Waals surface area contributed by atoms with Crippen LogP contribution in [-0.2, 0) is 4.79 Å². The minimum Gasteiger partial charge on any atom is -0.354 e. The second-order valence-corrected chi connectivity index (χ2v) is 5.31. The summed E-state index contributed by atoms with van der Waals surface area (Å²) in [4.78, 5) is 11.9. The van der Waals surface area contributed by atoms with Crippen LogP contribution in [0.25, 0.3) is 0 Å². The van der Waals surface area contributed by atoms with Gasteiger partial charge in [-0.2, -0.15) is 0 Å². The van der Waals surface area contributed by atoms with Crippen LogP contribution in [0.5, 0.6) is 0 Å². The Morgan fingerprint density at radius 3 is 2.90 bits per heavy atom. The topological polar surface area (TPSA) is 41.1 Å². The zero-order valence-corrected chi connectivity index (χ0v) is 11.6. The Hall–Kier alpha value is -1.49. The van der Waals surface area contributed by atoms with Gasteiger partial charge in [-0.05, 0) is 31.0 Å². The van der Waals surface area contributed by atoms with Gasteiger partial charge in [-0.15, -0.1) is 0 Å². The summed E-state index contributed by atoms with van der Waals surface area (Å²) < 4.78 is 26.5. The van der Waals surface area contributed by atoms with Gasteiger partial charge in [0, 0.05) is 18.5 Å². The van der Waals surface area contributed by atoms with Crippen molar-refractivity contribution in [1.29, 1.82) is 0 Å². The molecule has 1 aliphatic heterocycles. The molecule has 1 heterocycles. The van der Waals surface area contributed by atoms with Gasteiger partial charge in [-0.3, -0.25) is 4.79 Å². The van der Waals surface area contributed by atoms with Crippen molar-refractivity contribution < 1.29 is 13.6 Å². The molecule has 2 atom stereocenters. The number of rotatable bonds is 4. The molecule has 1 aromatic rings. The number of amides is 1. The Labute approximate surface area is 117 Å². The molecule has 0 spiro atoms. The van der Waals surface area contributed by atoms with Crippen molar-refractivity contribution in [3.8, 4) is 0 Å². The predicted molar refractivity (Wildman–Crippen MR) is 73.4 cm³/mol. The maximum atomic E-state index is 13.6. The Morgan fingerprint density at radius 2 is 2.25 bits per heavy atom. The number of benzene rings is 1. The van der Waals surface area contributed by atoms with Gasteiger partial charge in [0.2, 0.25) is 5.91 Å². The summed E-state index contributed by atoms with van der Waals surface area (Å²) in [6.07, 6.45) is 2.99. The van der Waals surface area contributed by atoms with Gasteiger partial charge in [-0.25, -0.2) is 8.78 Å². The molecule has 5 heteroatoms. The zero-order chi connectivity index (χ0) is 14.5. The van der Waals surface area contributed by atoms with E-state index >= 15 is 0 Å². The lowest BCUT2D eigenvalue weighted by Crippen LogP contribution is -2.47. The van der Waals surface area contributed by atoms with Crippen LogP contribution in [0, 0.1) is 11.6 Å². The molecule has 0 aromatic heterocycles. The van der Waals surface area contributed by atoms with Crippen LogP contribution in [0.15, 0.2) is 18.2 Å². The summed E-state index contributed by atoms with van der Waals surface area (Å²) in [7, 11) is 0. The van der Waals surface area contributed by atoms with Crippen molar-refractivity contribution in [2.75, 3.05) is 13.1 Å². The van der Waals surface area contributed by atoms with Crippen LogP contribution >= 0.6 is 0 Å². The van der Waals surface area contributed by atoms with Gasteiger partial charge in [0.1, 0.15) is 11.6 Å². The summed E-state index contributed by atoms with van der Waals surface area (Å²) in [6, 6.07) is 3.39. The molecule has 3 nitrogen and oxygen atoms in total. The Kier molecular flexibility index (Phi) is 5.06. The highest BCUT2D eigenvalue weighted by Crippen LogP contribution is 2.19. The number of hydrogen-bond acceptors (Lipinski definition) is 2. The molecule has 1 aromatic carbocycles. The van der Waals surface area contributed by atoms with Crippen LogP contribution in [0.1, 0.15) is 37.7 Å². The second-order valence-electron chi connectivity index (χ2n) is 5.31. The van der Waals surface area contributed by atoms with E-state index in [0.717, 1.165) is 31.9 Å². The van der Waals surface area contributed by atoms with Gasteiger partial charge in [-0.1, -0.05) is 19.4 Å². The molecule has 0 bridgehead atoms. The lowest BCUT2D eigenvalue weighted by molar-refractivity contribution is -0.123. The van der Waals surface area contributed by atoms with Crippen molar-refractivity contribution in [3.63, 3.8) is 0 Å². The summed E-state index contributed by atoms with van der Waals surface area (Å²) in [5.74, 6) is -1.39. The first-order chi connectivity index (χ1) is 9.58. The number of nitrogens with one attached hydrogen (secondary N) is 2. The highest BCUT2D eigenvalue weighted by Gasteiger charge is 2.21. The largest absolute Gasteiger partial charge is 0.354 e. The lowest BCUT2D eigenvalue weighted by atomic mass is 9.99. The van der Waals surface area contributed by atoms with E-state index in [1.54, 1.807) is 0 Å². The molecule has 110 valence electrons. The quantitative estimate of drug-likeness (QED) is 0.890. The molecule has 0 unspecified atom stereocenters. The standard InChI is InChI=1S/C15H20F2N2O/c1-10(12-6-5-11(16)8-13(12)17)9-19-15(20)14-4-2-3-7-18-14/h5-6,8,10,14,18H,2-4,7,9H2,1H3,(H,19,20)/t10-,14-/m0/s1. The highest BCUT2D eigenvalue weighted by atomic mass is 19.1. The summed E-state index contributed by atoms with van der Waals surface area (Å²) in [5.41, 5.74) is 0.420. The van der Waals surface area contributed by atoms with Gasteiger partial charge in [0.15, 0.2) is 0 Å². The molecule has 2 N–H and O–H groups in total. The van der Waals surface area contributed by atoms with Gasteiger partial charge < -0.3 is 10.6 Å². The molecule has 1 saturated heterocycles. The molecule has 0 saturated carbocycles. The van der Waals surface area contributed by atoms with Crippen molar-refractivity contribution in [3.05, 3.63) is 35.4 Å². The molecule has 0 radical (unpaired) electrons. The van der Waals surface area contributed by atoms with Crippen molar-refractivity contribution in [2.45, 2.75) is 38.1 Å². The van der Waals surface area contributed by atoms with E-state index in [9.17, 15) is 13.6 Å². The van der Waals surface area contributed by atoms with Crippen LogP contribution in [0.4, 0.5) is 8.78 Å². The van der Waals surface area contributed by atoms with Crippen LogP contribution in [0.2, 0.25) is 0 Å². The van der Waals surface area contributed by atoms with E-state index in [1.165, 1.54) is 12.1 Å². The minimum atomic E-state index is -0.589. The molecule has 1 fully saturated rings. The maximum absolute atomic E-state index is 13.6. The van der Waals surface area contributed by atoms with E-state index in [2.05, 4.69) is 10.6 Å². The third-order valence-corrected chi connectivity index (χ3v) is 3.70. The SMILES string of the molecule is C[C@@H](CNC(=O)[C@@H]1CCCCN1)c1ccc(F)cc1F. The zero-order valence-electron chi connectivity index (χ0n) is 11.6. The summed E-state index contributed by atoms with van der Waals surface area (Å²) in [5, 5.41) is 6.00. The van der Waals surface area contributed by atoms with Crippen molar-refractivity contribution >= 4 is 5.91 Å². The molecular formula is C15H20F2N2O. The molecular weight excluding hydrogens is 262 g/mol. The monoisotopic (exact) mass is 282 g/mol. The first-order valence-electron chi connectivity index (χ1n) is 7.04. The number of hydrogen-bond donors (Lipinski definition) is 2. The average Bonchev–Trinajstić information content (AvgIpc) is 2.45. The third kappa shape index (κ3) is 3.76. The molecule has 20 heavy (non-hydrogen) atoms. The average molecular weight is 282 g/mol. The van der Waals surface area contributed by atoms with E-state index in [4.69, 9.17) is 0 Å². The normalized spacial score (nSPS) is 20.4. The number of halogens is 2. The number of piperidine rings is 1. The molecule has 1 amide bonds. The minimum absolute atomic E-state index is 0.0425. The second kappa shape index (κ2) is 6.79. The van der Waals surface area contributed by atoms with Crippen LogP contribution in [-0.4, -0.2) is 25.0 Å². The van der Waals surface area contributed by atoms with Crippen molar-refractivity contribution in [2.24, 2.45) is 0 Å². The first kappa shape index (κ1) is 14.9. The van der Waals surface area contributed by atoms with E-state index < -0.39 is 11.6 Å². The van der Waals surface area contributed by atoms with Crippen LogP contribution < -0.4 is 10.6 Å². The van der Waals surface area contributed by atoms with Gasteiger partial charge in [0.25, 0.3) is 0 Å². The molecule has 2 rings (SSSR count). The Balaban J connectivity index is 1.87. The van der Waals surface area contributed by atoms with Gasteiger partial charge in [0.05, 0.1) is 6.04 Å². The van der Waals surface area contributed by atoms with Crippen molar-refractivity contribution in [1.82, 2.24) is 10.6 Å². The summed E-state index contributed by atoms with van der Waals surface area (Å²) in [6.45, 7) is 3.02. The summed E-state index contributed by atoms with van der Waals surface area (Å²) >= 11 is 0. The van der Waals surface area contributed by atoms with E-state index in [1.807, 2.05) is 6.92 Å². The molecule has 1 aliphatic rings. The van der Waals surface area contributed by atoms with E-state index in [-0.39, 0.29) is 17.9 Å². The van der Waals surface area contributed by atoms with E-state index in [0.29, 0.717) is 12.1 Å². The van der Waals surface area contributed by atoms with Crippen LogP contribution in [0.3, 0.4) is 0 Å². The fourth-order valence-electron chi connectivity index (χ4n) is 2.46. The Bertz CT molecular complexity index is 473.